The first-order valence-corrected chi connectivity index (χ1v) is 9.78. The van der Waals surface area contributed by atoms with Gasteiger partial charge >= 0.3 is 5.97 Å². The van der Waals surface area contributed by atoms with Crippen molar-refractivity contribution in [1.29, 1.82) is 0 Å². The Bertz CT molecular complexity index is 698. The van der Waals surface area contributed by atoms with Crippen molar-refractivity contribution in [2.24, 2.45) is 23.7 Å². The maximum atomic E-state index is 12.8. The number of nitrogens with zero attached hydrogens (tertiary/aromatic N) is 1. The normalized spacial score (nSPS) is 29.3. The fraction of sp³-hybridized carbons (Fsp3) is 0.571. The number of rotatable bonds is 6. The van der Waals surface area contributed by atoms with Gasteiger partial charge in [-0.3, -0.25) is 19.3 Å². The number of carbonyl (C=O) groups is 3. The van der Waals surface area contributed by atoms with Crippen molar-refractivity contribution >= 4 is 23.5 Å². The number of amides is 2. The van der Waals surface area contributed by atoms with Crippen LogP contribution in [0.5, 0.6) is 5.75 Å². The summed E-state index contributed by atoms with van der Waals surface area (Å²) >= 11 is 0. The molecule has 1 heterocycles. The van der Waals surface area contributed by atoms with Gasteiger partial charge in [0.15, 0.2) is 0 Å². The van der Waals surface area contributed by atoms with Gasteiger partial charge < -0.3 is 4.74 Å². The lowest BCUT2D eigenvalue weighted by atomic mass is 9.81. The van der Waals surface area contributed by atoms with Crippen molar-refractivity contribution in [1.82, 2.24) is 0 Å². The second kappa shape index (κ2) is 6.86. The Hall–Kier alpha value is -2.17. The van der Waals surface area contributed by atoms with E-state index in [1.807, 2.05) is 0 Å². The van der Waals surface area contributed by atoms with Gasteiger partial charge in [0.1, 0.15) is 5.75 Å². The molecular formula is C21H25NO4. The Morgan fingerprint density at radius 3 is 2.23 bits per heavy atom. The maximum absolute atomic E-state index is 12.8. The SMILES string of the molecule is CCCCCC(=O)Oc1ccc(N2C(=O)C3C4CCC(C4)C3C2=O)cc1. The van der Waals surface area contributed by atoms with Crippen molar-refractivity contribution in [2.75, 3.05) is 4.90 Å². The molecule has 0 radical (unpaired) electrons. The molecule has 138 valence electrons. The lowest BCUT2D eigenvalue weighted by Crippen LogP contribution is -2.32. The molecule has 0 spiro atoms. The average Bonchev–Trinajstić information content (AvgIpc) is 3.30. The lowest BCUT2D eigenvalue weighted by molar-refractivity contribution is -0.134. The third kappa shape index (κ3) is 2.83. The zero-order valence-electron chi connectivity index (χ0n) is 15.1. The van der Waals surface area contributed by atoms with E-state index in [2.05, 4.69) is 6.92 Å². The van der Waals surface area contributed by atoms with E-state index in [-0.39, 0.29) is 29.6 Å². The molecule has 1 aromatic rings. The summed E-state index contributed by atoms with van der Waals surface area (Å²) in [6, 6.07) is 6.73. The molecule has 1 aliphatic heterocycles. The molecule has 1 saturated heterocycles. The van der Waals surface area contributed by atoms with Gasteiger partial charge in [0.25, 0.3) is 0 Å². The highest BCUT2D eigenvalue weighted by molar-refractivity contribution is 6.22. The molecule has 0 aromatic heterocycles. The number of imide groups is 1. The van der Waals surface area contributed by atoms with Crippen LogP contribution in [0.25, 0.3) is 0 Å². The van der Waals surface area contributed by atoms with Crippen molar-refractivity contribution in [3.05, 3.63) is 24.3 Å². The zero-order valence-corrected chi connectivity index (χ0v) is 15.1. The summed E-state index contributed by atoms with van der Waals surface area (Å²) in [5.41, 5.74) is 0.583. The Balaban J connectivity index is 1.43. The molecule has 4 unspecified atom stereocenters. The van der Waals surface area contributed by atoms with Crippen LogP contribution in [0.2, 0.25) is 0 Å². The highest BCUT2D eigenvalue weighted by atomic mass is 16.5. The number of unbranched alkanes of at least 4 members (excludes halogenated alkanes) is 2. The molecular weight excluding hydrogens is 330 g/mol. The van der Waals surface area contributed by atoms with Crippen LogP contribution in [-0.2, 0) is 14.4 Å². The minimum absolute atomic E-state index is 0.0449. The summed E-state index contributed by atoms with van der Waals surface area (Å²) in [5, 5.41) is 0. The standard InChI is InChI=1S/C21H25NO4/c1-2-3-4-5-17(23)26-16-10-8-15(9-11-16)22-20(24)18-13-6-7-14(12-13)19(18)21(22)25/h8-11,13-14,18-19H,2-7,12H2,1H3. The Labute approximate surface area is 153 Å². The van der Waals surface area contributed by atoms with Crippen LogP contribution in [0.15, 0.2) is 24.3 Å². The molecule has 2 bridgehead atoms. The molecule has 4 rings (SSSR count). The number of hydrogen-bond acceptors (Lipinski definition) is 4. The van der Waals surface area contributed by atoms with Crippen molar-refractivity contribution < 1.29 is 19.1 Å². The first-order valence-electron chi connectivity index (χ1n) is 9.78. The third-order valence-electron chi connectivity index (χ3n) is 6.24. The topological polar surface area (TPSA) is 63.7 Å². The molecule has 3 fully saturated rings. The number of fused-ring (bicyclic) bond motifs is 5. The van der Waals surface area contributed by atoms with Crippen LogP contribution in [0.1, 0.15) is 51.9 Å². The van der Waals surface area contributed by atoms with Gasteiger partial charge in [-0.15, -0.1) is 0 Å². The van der Waals surface area contributed by atoms with Gasteiger partial charge in [-0.2, -0.15) is 0 Å². The quantitative estimate of drug-likeness (QED) is 0.338. The van der Waals surface area contributed by atoms with E-state index in [0.717, 1.165) is 38.5 Å². The molecule has 3 aliphatic rings. The molecule has 5 heteroatoms. The van der Waals surface area contributed by atoms with Crippen LogP contribution in [0.4, 0.5) is 5.69 Å². The highest BCUT2D eigenvalue weighted by Gasteiger charge is 2.61. The van der Waals surface area contributed by atoms with E-state index in [1.54, 1.807) is 24.3 Å². The summed E-state index contributed by atoms with van der Waals surface area (Å²) in [7, 11) is 0. The molecule has 2 saturated carbocycles. The van der Waals surface area contributed by atoms with Gasteiger partial charge in [-0.25, -0.2) is 0 Å². The number of benzene rings is 1. The third-order valence-corrected chi connectivity index (χ3v) is 6.24. The first kappa shape index (κ1) is 17.3. The van der Waals surface area contributed by atoms with E-state index in [1.165, 1.54) is 4.90 Å². The fourth-order valence-electron chi connectivity index (χ4n) is 5.03. The van der Waals surface area contributed by atoms with Crippen LogP contribution in [0, 0.1) is 23.7 Å². The summed E-state index contributed by atoms with van der Waals surface area (Å²) in [4.78, 5) is 38.8. The second-order valence-corrected chi connectivity index (χ2v) is 7.82. The maximum Gasteiger partial charge on any atom is 0.311 e. The zero-order chi connectivity index (χ0) is 18.3. The van der Waals surface area contributed by atoms with Gasteiger partial charge in [-0.1, -0.05) is 19.8 Å². The van der Waals surface area contributed by atoms with E-state index >= 15 is 0 Å². The molecule has 26 heavy (non-hydrogen) atoms. The molecule has 5 nitrogen and oxygen atoms in total. The molecule has 2 amide bonds. The molecule has 2 aliphatic carbocycles. The summed E-state index contributed by atoms with van der Waals surface area (Å²) in [5.74, 6) is 0.660. The van der Waals surface area contributed by atoms with E-state index < -0.39 is 0 Å². The van der Waals surface area contributed by atoms with Crippen LogP contribution >= 0.6 is 0 Å². The van der Waals surface area contributed by atoms with Gasteiger partial charge in [0.05, 0.1) is 17.5 Å². The van der Waals surface area contributed by atoms with E-state index in [9.17, 15) is 14.4 Å². The highest BCUT2D eigenvalue weighted by Crippen LogP contribution is 2.56. The largest absolute Gasteiger partial charge is 0.427 e. The second-order valence-electron chi connectivity index (χ2n) is 7.82. The number of anilines is 1. The molecule has 0 N–H and O–H groups in total. The fourth-order valence-corrected chi connectivity index (χ4v) is 5.03. The Morgan fingerprint density at radius 2 is 1.65 bits per heavy atom. The first-order chi connectivity index (χ1) is 12.6. The summed E-state index contributed by atoms with van der Waals surface area (Å²) in [6.45, 7) is 2.09. The number of ether oxygens (including phenoxy) is 1. The predicted molar refractivity (Wildman–Crippen MR) is 96.5 cm³/mol. The number of carbonyl (C=O) groups excluding carboxylic acids is 3. The number of esters is 1. The van der Waals surface area contributed by atoms with Crippen LogP contribution in [0.3, 0.4) is 0 Å². The van der Waals surface area contributed by atoms with E-state index in [0.29, 0.717) is 29.7 Å². The summed E-state index contributed by atoms with van der Waals surface area (Å²) < 4.78 is 5.32. The minimum Gasteiger partial charge on any atom is -0.427 e. The summed E-state index contributed by atoms with van der Waals surface area (Å²) in [6.07, 6.45) is 6.49. The van der Waals surface area contributed by atoms with Crippen LogP contribution < -0.4 is 9.64 Å². The molecule has 1 aromatic carbocycles. The van der Waals surface area contributed by atoms with Gasteiger partial charge in [-0.05, 0) is 61.8 Å². The van der Waals surface area contributed by atoms with Crippen molar-refractivity contribution in [3.63, 3.8) is 0 Å². The predicted octanol–water partition coefficient (Wildman–Crippen LogP) is 3.71. The lowest BCUT2D eigenvalue weighted by Gasteiger charge is -2.19. The van der Waals surface area contributed by atoms with E-state index in [4.69, 9.17) is 4.74 Å². The minimum atomic E-state index is -0.245. The van der Waals surface area contributed by atoms with Crippen molar-refractivity contribution in [2.45, 2.75) is 51.9 Å². The Kier molecular flexibility index (Phi) is 4.55. The monoisotopic (exact) mass is 355 g/mol. The Morgan fingerprint density at radius 1 is 1.04 bits per heavy atom. The van der Waals surface area contributed by atoms with Crippen LogP contribution in [-0.4, -0.2) is 17.8 Å². The molecule has 4 atom stereocenters. The average molecular weight is 355 g/mol. The van der Waals surface area contributed by atoms with Gasteiger partial charge in [0, 0.05) is 6.42 Å². The van der Waals surface area contributed by atoms with Gasteiger partial charge in [0.2, 0.25) is 11.8 Å². The van der Waals surface area contributed by atoms with Crippen molar-refractivity contribution in [3.8, 4) is 5.75 Å². The smallest absolute Gasteiger partial charge is 0.311 e. The number of hydrogen-bond donors (Lipinski definition) is 0.